The monoisotopic (exact) mass is 195 g/mol. The predicted octanol–water partition coefficient (Wildman–Crippen LogP) is 0.691. The lowest BCUT2D eigenvalue weighted by atomic mass is 10.0. The highest BCUT2D eigenvalue weighted by atomic mass is 16.5. The molecule has 1 rings (SSSR count). The van der Waals surface area contributed by atoms with Crippen molar-refractivity contribution in [1.82, 2.24) is 5.32 Å². The normalized spacial score (nSPS) is 25.1. The van der Waals surface area contributed by atoms with Gasteiger partial charge < -0.3 is 14.8 Å². The Labute approximate surface area is 83.3 Å². The molecule has 4 nitrogen and oxygen atoms in total. The SMILES string of the molecule is C#CC1(NC(=O)OCC=C)CCOC1. The molecule has 1 N–H and O–H groups in total. The molecule has 0 bridgehead atoms. The van der Waals surface area contributed by atoms with Gasteiger partial charge >= 0.3 is 6.09 Å². The Bertz CT molecular complexity index is 261. The van der Waals surface area contributed by atoms with Crippen LogP contribution < -0.4 is 5.32 Å². The van der Waals surface area contributed by atoms with Crippen LogP contribution in [-0.2, 0) is 9.47 Å². The van der Waals surface area contributed by atoms with Crippen LogP contribution in [0.2, 0.25) is 0 Å². The lowest BCUT2D eigenvalue weighted by Gasteiger charge is -2.21. The maximum Gasteiger partial charge on any atom is 0.408 e. The summed E-state index contributed by atoms with van der Waals surface area (Å²) in [6, 6.07) is 0. The van der Waals surface area contributed by atoms with Crippen LogP contribution in [0.25, 0.3) is 0 Å². The van der Waals surface area contributed by atoms with Gasteiger partial charge in [0, 0.05) is 6.42 Å². The van der Waals surface area contributed by atoms with Crippen molar-refractivity contribution in [3.8, 4) is 12.3 Å². The lowest BCUT2D eigenvalue weighted by molar-refractivity contribution is 0.141. The third-order valence-corrected chi connectivity index (χ3v) is 1.97. The Balaban J connectivity index is 2.45. The van der Waals surface area contributed by atoms with Gasteiger partial charge in [-0.25, -0.2) is 4.79 Å². The molecule has 1 saturated heterocycles. The van der Waals surface area contributed by atoms with Crippen molar-refractivity contribution in [1.29, 1.82) is 0 Å². The fraction of sp³-hybridized carbons (Fsp3) is 0.500. The smallest absolute Gasteiger partial charge is 0.408 e. The molecule has 1 atom stereocenters. The van der Waals surface area contributed by atoms with Gasteiger partial charge in [-0.15, -0.1) is 6.42 Å². The summed E-state index contributed by atoms with van der Waals surface area (Å²) in [6.45, 7) is 4.51. The van der Waals surface area contributed by atoms with Crippen LogP contribution in [0.3, 0.4) is 0 Å². The maximum absolute atomic E-state index is 11.2. The highest BCUT2D eigenvalue weighted by molar-refractivity contribution is 5.69. The first-order chi connectivity index (χ1) is 6.72. The third-order valence-electron chi connectivity index (χ3n) is 1.97. The summed E-state index contributed by atoms with van der Waals surface area (Å²) in [5, 5.41) is 2.61. The van der Waals surface area contributed by atoms with Crippen LogP contribution in [0.15, 0.2) is 12.7 Å². The van der Waals surface area contributed by atoms with Gasteiger partial charge in [0.2, 0.25) is 0 Å². The zero-order valence-electron chi connectivity index (χ0n) is 7.91. The largest absolute Gasteiger partial charge is 0.445 e. The Morgan fingerprint density at radius 2 is 2.64 bits per heavy atom. The summed E-state index contributed by atoms with van der Waals surface area (Å²) in [7, 11) is 0. The van der Waals surface area contributed by atoms with E-state index in [1.807, 2.05) is 0 Å². The first-order valence-electron chi connectivity index (χ1n) is 4.34. The number of hydrogen-bond acceptors (Lipinski definition) is 3. The van der Waals surface area contributed by atoms with Crippen molar-refractivity contribution < 1.29 is 14.3 Å². The lowest BCUT2D eigenvalue weighted by Crippen LogP contribution is -2.48. The van der Waals surface area contributed by atoms with E-state index in [1.54, 1.807) is 0 Å². The number of nitrogens with one attached hydrogen (secondary N) is 1. The standard InChI is InChI=1S/C10H13NO3/c1-3-6-14-9(12)11-10(4-2)5-7-13-8-10/h2-3H,1,5-8H2,(H,11,12). The molecule has 0 saturated carbocycles. The Kier molecular flexibility index (Phi) is 3.55. The molecular weight excluding hydrogens is 182 g/mol. The summed E-state index contributed by atoms with van der Waals surface area (Å²) >= 11 is 0. The summed E-state index contributed by atoms with van der Waals surface area (Å²) in [5.41, 5.74) is -0.696. The van der Waals surface area contributed by atoms with E-state index in [1.165, 1.54) is 6.08 Å². The molecule has 1 fully saturated rings. The third kappa shape index (κ3) is 2.51. The molecule has 0 aromatic carbocycles. The minimum absolute atomic E-state index is 0.174. The van der Waals surface area contributed by atoms with Crippen molar-refractivity contribution in [2.24, 2.45) is 0 Å². The van der Waals surface area contributed by atoms with Crippen molar-refractivity contribution in [2.75, 3.05) is 19.8 Å². The van der Waals surface area contributed by atoms with E-state index in [0.29, 0.717) is 19.6 Å². The van der Waals surface area contributed by atoms with Gasteiger partial charge in [0.15, 0.2) is 0 Å². The van der Waals surface area contributed by atoms with E-state index in [-0.39, 0.29) is 6.61 Å². The highest BCUT2D eigenvalue weighted by Gasteiger charge is 2.34. The van der Waals surface area contributed by atoms with Crippen molar-refractivity contribution in [3.05, 3.63) is 12.7 Å². The molecule has 14 heavy (non-hydrogen) atoms. The van der Waals surface area contributed by atoms with Crippen LogP contribution in [0.4, 0.5) is 4.79 Å². The summed E-state index contributed by atoms with van der Waals surface area (Å²) in [5.74, 6) is 2.52. The van der Waals surface area contributed by atoms with E-state index >= 15 is 0 Å². The van der Waals surface area contributed by atoms with Crippen molar-refractivity contribution in [3.63, 3.8) is 0 Å². The summed E-state index contributed by atoms with van der Waals surface area (Å²) in [4.78, 5) is 11.2. The second-order valence-corrected chi connectivity index (χ2v) is 3.04. The average molecular weight is 195 g/mol. The molecule has 0 aromatic rings. The fourth-order valence-electron chi connectivity index (χ4n) is 1.18. The second-order valence-electron chi connectivity index (χ2n) is 3.04. The number of carbonyl (C=O) groups excluding carboxylic acids is 1. The zero-order valence-corrected chi connectivity index (χ0v) is 7.91. The molecule has 0 spiro atoms. The van der Waals surface area contributed by atoms with Gasteiger partial charge in [-0.05, 0) is 0 Å². The zero-order chi connectivity index (χ0) is 10.4. The van der Waals surface area contributed by atoms with E-state index < -0.39 is 11.6 Å². The minimum Gasteiger partial charge on any atom is -0.445 e. The number of hydrogen-bond donors (Lipinski definition) is 1. The summed E-state index contributed by atoms with van der Waals surface area (Å²) in [6.07, 6.45) is 6.90. The molecule has 1 aliphatic rings. The maximum atomic E-state index is 11.2. The Hall–Kier alpha value is -1.47. The second kappa shape index (κ2) is 4.68. The number of ether oxygens (including phenoxy) is 2. The first kappa shape index (κ1) is 10.6. The minimum atomic E-state index is -0.696. The van der Waals surface area contributed by atoms with Gasteiger partial charge in [0.1, 0.15) is 12.1 Å². The highest BCUT2D eigenvalue weighted by Crippen LogP contribution is 2.17. The van der Waals surface area contributed by atoms with Gasteiger partial charge in [0.25, 0.3) is 0 Å². The molecule has 0 aromatic heterocycles. The van der Waals surface area contributed by atoms with E-state index in [2.05, 4.69) is 17.8 Å². The van der Waals surface area contributed by atoms with Gasteiger partial charge in [0.05, 0.1) is 13.2 Å². The number of carbonyl (C=O) groups is 1. The van der Waals surface area contributed by atoms with E-state index in [4.69, 9.17) is 15.9 Å². The van der Waals surface area contributed by atoms with Crippen LogP contribution in [0, 0.1) is 12.3 Å². The van der Waals surface area contributed by atoms with Crippen LogP contribution in [0.1, 0.15) is 6.42 Å². The van der Waals surface area contributed by atoms with Gasteiger partial charge in [-0.2, -0.15) is 0 Å². The van der Waals surface area contributed by atoms with Crippen molar-refractivity contribution >= 4 is 6.09 Å². The Morgan fingerprint density at radius 1 is 1.86 bits per heavy atom. The molecule has 76 valence electrons. The summed E-state index contributed by atoms with van der Waals surface area (Å²) < 4.78 is 9.88. The topological polar surface area (TPSA) is 47.6 Å². The Morgan fingerprint density at radius 3 is 3.14 bits per heavy atom. The molecule has 1 heterocycles. The van der Waals surface area contributed by atoms with Gasteiger partial charge in [-0.3, -0.25) is 0 Å². The van der Waals surface area contributed by atoms with Gasteiger partial charge in [-0.1, -0.05) is 18.6 Å². The number of rotatable bonds is 3. The molecule has 1 aliphatic heterocycles. The van der Waals surface area contributed by atoms with E-state index in [9.17, 15) is 4.79 Å². The molecular formula is C10H13NO3. The quantitative estimate of drug-likeness (QED) is 0.532. The predicted molar refractivity (Wildman–Crippen MR) is 51.7 cm³/mol. The molecule has 1 unspecified atom stereocenters. The number of alkyl carbamates (subject to hydrolysis) is 1. The first-order valence-corrected chi connectivity index (χ1v) is 4.34. The van der Waals surface area contributed by atoms with Crippen LogP contribution in [-0.4, -0.2) is 31.5 Å². The van der Waals surface area contributed by atoms with Crippen LogP contribution in [0.5, 0.6) is 0 Å². The van der Waals surface area contributed by atoms with Crippen molar-refractivity contribution in [2.45, 2.75) is 12.0 Å². The molecule has 4 heteroatoms. The number of amides is 1. The number of terminal acetylenes is 1. The molecule has 0 radical (unpaired) electrons. The fourth-order valence-corrected chi connectivity index (χ4v) is 1.18. The van der Waals surface area contributed by atoms with Crippen LogP contribution >= 0.6 is 0 Å². The average Bonchev–Trinajstić information content (AvgIpc) is 2.64. The van der Waals surface area contributed by atoms with E-state index in [0.717, 1.165) is 0 Å². The molecule has 0 aliphatic carbocycles. The molecule has 1 amide bonds.